The summed E-state index contributed by atoms with van der Waals surface area (Å²) in [5, 5.41) is 6.86. The van der Waals surface area contributed by atoms with Crippen LogP contribution in [0.1, 0.15) is 0 Å². The monoisotopic (exact) mass is 267 g/mol. The molecule has 2 rings (SSSR count). The van der Waals surface area contributed by atoms with E-state index in [4.69, 9.17) is 21.7 Å². The van der Waals surface area contributed by atoms with E-state index in [9.17, 15) is 0 Å². The molecule has 0 bridgehead atoms. The molecule has 1 heterocycles. The molecule has 1 aromatic carbocycles. The maximum Gasteiger partial charge on any atom is 0.231 e. The van der Waals surface area contributed by atoms with E-state index in [-0.39, 0.29) is 6.79 Å². The molecular formula is C12H17N3O2S. The van der Waals surface area contributed by atoms with Crippen molar-refractivity contribution in [3.8, 4) is 11.5 Å². The first-order chi connectivity index (χ1) is 8.65. The first-order valence-corrected chi connectivity index (χ1v) is 6.15. The summed E-state index contributed by atoms with van der Waals surface area (Å²) in [5.41, 5.74) is 0.890. The lowest BCUT2D eigenvalue weighted by Gasteiger charge is -2.13. The van der Waals surface area contributed by atoms with Crippen LogP contribution in [0.25, 0.3) is 0 Å². The minimum atomic E-state index is 0.282. The zero-order valence-electron chi connectivity index (χ0n) is 10.5. The van der Waals surface area contributed by atoms with Crippen LogP contribution in [0.4, 0.5) is 5.69 Å². The summed E-state index contributed by atoms with van der Waals surface area (Å²) < 4.78 is 10.5. The molecule has 0 saturated carbocycles. The number of rotatable bonds is 4. The van der Waals surface area contributed by atoms with Gasteiger partial charge in [0.25, 0.3) is 0 Å². The number of hydrogen-bond donors (Lipinski definition) is 2. The summed E-state index contributed by atoms with van der Waals surface area (Å²) in [7, 11) is 4.05. The summed E-state index contributed by atoms with van der Waals surface area (Å²) in [6.07, 6.45) is 0. The lowest BCUT2D eigenvalue weighted by atomic mass is 10.3. The number of likely N-dealkylation sites (N-methyl/N-ethyl adjacent to an activating group) is 1. The molecule has 0 atom stereocenters. The van der Waals surface area contributed by atoms with Gasteiger partial charge in [-0.05, 0) is 38.4 Å². The number of ether oxygens (including phenoxy) is 2. The molecule has 0 aromatic heterocycles. The third-order valence-corrected chi connectivity index (χ3v) is 2.72. The molecule has 0 aliphatic carbocycles. The summed E-state index contributed by atoms with van der Waals surface area (Å²) >= 11 is 5.20. The number of benzene rings is 1. The Morgan fingerprint density at radius 1 is 1.33 bits per heavy atom. The molecule has 0 fully saturated rings. The van der Waals surface area contributed by atoms with Gasteiger partial charge < -0.3 is 25.0 Å². The van der Waals surface area contributed by atoms with E-state index >= 15 is 0 Å². The molecule has 2 N–H and O–H groups in total. The van der Waals surface area contributed by atoms with Crippen molar-refractivity contribution in [3.63, 3.8) is 0 Å². The molecule has 98 valence electrons. The highest BCUT2D eigenvalue weighted by atomic mass is 32.1. The molecule has 6 heteroatoms. The second-order valence-electron chi connectivity index (χ2n) is 4.25. The van der Waals surface area contributed by atoms with E-state index in [2.05, 4.69) is 15.5 Å². The molecule has 1 aliphatic heterocycles. The van der Waals surface area contributed by atoms with Crippen LogP contribution >= 0.6 is 12.2 Å². The van der Waals surface area contributed by atoms with Crippen LogP contribution in [0.3, 0.4) is 0 Å². The Kier molecular flexibility index (Phi) is 4.22. The summed E-state index contributed by atoms with van der Waals surface area (Å²) in [5.74, 6) is 1.52. The van der Waals surface area contributed by atoms with E-state index in [1.54, 1.807) is 0 Å². The van der Waals surface area contributed by atoms with Crippen LogP contribution in [0, 0.1) is 0 Å². The molecule has 18 heavy (non-hydrogen) atoms. The Bertz CT molecular complexity index is 437. The Morgan fingerprint density at radius 2 is 2.11 bits per heavy atom. The van der Waals surface area contributed by atoms with Gasteiger partial charge in [-0.2, -0.15) is 0 Å². The van der Waals surface area contributed by atoms with Gasteiger partial charge in [0, 0.05) is 24.8 Å². The Labute approximate surface area is 112 Å². The van der Waals surface area contributed by atoms with Crippen LogP contribution in [-0.2, 0) is 0 Å². The van der Waals surface area contributed by atoms with Crippen LogP contribution in [0.2, 0.25) is 0 Å². The van der Waals surface area contributed by atoms with Gasteiger partial charge in [0.2, 0.25) is 6.79 Å². The minimum Gasteiger partial charge on any atom is -0.454 e. The van der Waals surface area contributed by atoms with Crippen molar-refractivity contribution < 1.29 is 9.47 Å². The predicted octanol–water partition coefficient (Wildman–Crippen LogP) is 1.26. The second-order valence-corrected chi connectivity index (χ2v) is 4.66. The fourth-order valence-electron chi connectivity index (χ4n) is 1.54. The molecule has 0 spiro atoms. The fourth-order valence-corrected chi connectivity index (χ4v) is 1.76. The van der Waals surface area contributed by atoms with Gasteiger partial charge in [0.1, 0.15) is 0 Å². The number of anilines is 1. The standard InChI is InChI=1S/C12H17N3O2S/c1-15(2)6-5-13-12(18)14-9-3-4-10-11(7-9)17-8-16-10/h3-4,7H,5-6,8H2,1-2H3,(H2,13,14,18). The lowest BCUT2D eigenvalue weighted by Crippen LogP contribution is -2.34. The van der Waals surface area contributed by atoms with E-state index in [0.29, 0.717) is 5.11 Å². The molecular weight excluding hydrogens is 250 g/mol. The Hall–Kier alpha value is -1.53. The average molecular weight is 267 g/mol. The summed E-state index contributed by atoms with van der Waals surface area (Å²) in [6, 6.07) is 5.66. The van der Waals surface area contributed by atoms with Crippen LogP contribution in [0.15, 0.2) is 18.2 Å². The van der Waals surface area contributed by atoms with Gasteiger partial charge in [-0.1, -0.05) is 0 Å². The molecule has 0 unspecified atom stereocenters. The number of fused-ring (bicyclic) bond motifs is 1. The zero-order valence-corrected chi connectivity index (χ0v) is 11.3. The van der Waals surface area contributed by atoms with Crippen molar-refractivity contribution >= 4 is 23.0 Å². The maximum absolute atomic E-state index is 5.30. The second kappa shape index (κ2) is 5.88. The number of nitrogens with zero attached hydrogens (tertiary/aromatic N) is 1. The largest absolute Gasteiger partial charge is 0.454 e. The van der Waals surface area contributed by atoms with Crippen molar-refractivity contribution in [3.05, 3.63) is 18.2 Å². The van der Waals surface area contributed by atoms with Crippen LogP contribution in [-0.4, -0.2) is 44.0 Å². The van der Waals surface area contributed by atoms with Gasteiger partial charge in [0.05, 0.1) is 0 Å². The smallest absolute Gasteiger partial charge is 0.231 e. The normalized spacial score (nSPS) is 12.6. The van der Waals surface area contributed by atoms with Crippen molar-refractivity contribution in [1.29, 1.82) is 0 Å². The maximum atomic E-state index is 5.30. The Morgan fingerprint density at radius 3 is 2.89 bits per heavy atom. The third kappa shape index (κ3) is 3.48. The Balaban J connectivity index is 1.84. The number of nitrogens with one attached hydrogen (secondary N) is 2. The molecule has 1 aromatic rings. The number of hydrogen-bond acceptors (Lipinski definition) is 4. The van der Waals surface area contributed by atoms with E-state index in [1.165, 1.54) is 0 Å². The topological polar surface area (TPSA) is 45.8 Å². The van der Waals surface area contributed by atoms with Crippen molar-refractivity contribution in [2.45, 2.75) is 0 Å². The predicted molar refractivity (Wildman–Crippen MR) is 75.3 cm³/mol. The summed E-state index contributed by atoms with van der Waals surface area (Å²) in [4.78, 5) is 2.09. The van der Waals surface area contributed by atoms with Gasteiger partial charge in [0.15, 0.2) is 16.6 Å². The lowest BCUT2D eigenvalue weighted by molar-refractivity contribution is 0.174. The SMILES string of the molecule is CN(C)CCNC(=S)Nc1ccc2c(c1)OCO2. The van der Waals surface area contributed by atoms with Crippen molar-refractivity contribution in [1.82, 2.24) is 10.2 Å². The first-order valence-electron chi connectivity index (χ1n) is 5.74. The highest BCUT2D eigenvalue weighted by molar-refractivity contribution is 7.80. The van der Waals surface area contributed by atoms with E-state index in [1.807, 2.05) is 32.3 Å². The first kappa shape index (κ1) is 12.9. The van der Waals surface area contributed by atoms with Crippen LogP contribution in [0.5, 0.6) is 11.5 Å². The van der Waals surface area contributed by atoms with Crippen molar-refractivity contribution in [2.75, 3.05) is 39.3 Å². The van der Waals surface area contributed by atoms with Gasteiger partial charge >= 0.3 is 0 Å². The van der Waals surface area contributed by atoms with Gasteiger partial charge in [-0.25, -0.2) is 0 Å². The van der Waals surface area contributed by atoms with Gasteiger partial charge in [-0.3, -0.25) is 0 Å². The van der Waals surface area contributed by atoms with Crippen LogP contribution < -0.4 is 20.1 Å². The highest BCUT2D eigenvalue weighted by Crippen LogP contribution is 2.34. The van der Waals surface area contributed by atoms with E-state index in [0.717, 1.165) is 30.3 Å². The highest BCUT2D eigenvalue weighted by Gasteiger charge is 2.13. The van der Waals surface area contributed by atoms with E-state index < -0.39 is 0 Å². The van der Waals surface area contributed by atoms with Gasteiger partial charge in [-0.15, -0.1) is 0 Å². The summed E-state index contributed by atoms with van der Waals surface area (Å²) in [6.45, 7) is 2.02. The average Bonchev–Trinajstić information content (AvgIpc) is 2.75. The molecule has 0 amide bonds. The zero-order chi connectivity index (χ0) is 13.0. The third-order valence-electron chi connectivity index (χ3n) is 2.48. The molecule has 1 aliphatic rings. The molecule has 0 saturated heterocycles. The fraction of sp³-hybridized carbons (Fsp3) is 0.417. The minimum absolute atomic E-state index is 0.282. The van der Waals surface area contributed by atoms with Crippen molar-refractivity contribution in [2.24, 2.45) is 0 Å². The molecule has 0 radical (unpaired) electrons. The quantitative estimate of drug-likeness (QED) is 0.801. The number of thiocarbonyl (C=S) groups is 1. The molecule has 5 nitrogen and oxygen atoms in total.